The van der Waals surface area contributed by atoms with Crippen LogP contribution in [0.3, 0.4) is 0 Å². The molecule has 0 aliphatic rings. The van der Waals surface area contributed by atoms with Gasteiger partial charge in [-0.15, -0.1) is 0 Å². The summed E-state index contributed by atoms with van der Waals surface area (Å²) in [4.78, 5) is 11.9. The first-order chi connectivity index (χ1) is 11.0. The molecule has 0 radical (unpaired) electrons. The summed E-state index contributed by atoms with van der Waals surface area (Å²) >= 11 is 0. The highest BCUT2D eigenvalue weighted by Gasteiger charge is 2.13. The van der Waals surface area contributed by atoms with Crippen molar-refractivity contribution < 1.29 is 18.9 Å². The number of benzene rings is 2. The zero-order chi connectivity index (χ0) is 16.8. The van der Waals surface area contributed by atoms with Gasteiger partial charge in [-0.2, -0.15) is 5.26 Å². The molecule has 0 saturated heterocycles. The minimum absolute atomic E-state index is 0.139. The number of halogens is 2. The Labute approximate surface area is 132 Å². The van der Waals surface area contributed by atoms with E-state index in [4.69, 9.17) is 5.26 Å². The van der Waals surface area contributed by atoms with Crippen molar-refractivity contribution >= 4 is 11.6 Å². The molecule has 0 unspecified atom stereocenters. The van der Waals surface area contributed by atoms with Crippen molar-refractivity contribution in [2.75, 3.05) is 11.9 Å². The summed E-state index contributed by atoms with van der Waals surface area (Å²) in [6, 6.07) is 12.0. The minimum Gasteiger partial charge on any atom is -0.333 e. The number of nitriles is 1. The van der Waals surface area contributed by atoms with Crippen molar-refractivity contribution in [1.29, 1.82) is 5.26 Å². The van der Waals surface area contributed by atoms with Crippen LogP contribution in [0.4, 0.5) is 14.5 Å². The summed E-state index contributed by atoms with van der Waals surface area (Å²) in [5.74, 6) is -2.01. The lowest BCUT2D eigenvalue weighted by molar-refractivity contribution is -0.682. The van der Waals surface area contributed by atoms with E-state index in [2.05, 4.69) is 5.32 Å². The zero-order valence-electron chi connectivity index (χ0n) is 12.5. The molecule has 3 N–H and O–H groups in total. The second kappa shape index (κ2) is 7.47. The van der Waals surface area contributed by atoms with E-state index in [1.165, 1.54) is 6.07 Å². The van der Waals surface area contributed by atoms with Gasteiger partial charge >= 0.3 is 0 Å². The van der Waals surface area contributed by atoms with Gasteiger partial charge < -0.3 is 10.6 Å². The molecule has 0 bridgehead atoms. The molecule has 2 aromatic rings. The number of carbonyl (C=O) groups is 1. The number of quaternary nitrogens is 1. The van der Waals surface area contributed by atoms with Gasteiger partial charge in [0.1, 0.15) is 6.04 Å². The minimum atomic E-state index is -0.898. The number of anilines is 1. The van der Waals surface area contributed by atoms with Crippen molar-refractivity contribution in [2.45, 2.75) is 13.0 Å². The normalized spacial score (nSPS) is 11.6. The van der Waals surface area contributed by atoms with Gasteiger partial charge in [0, 0.05) is 11.3 Å². The first kappa shape index (κ1) is 16.6. The van der Waals surface area contributed by atoms with E-state index in [1.807, 2.05) is 13.0 Å². The summed E-state index contributed by atoms with van der Waals surface area (Å²) in [6.07, 6.45) is 0. The molecule has 0 saturated carbocycles. The van der Waals surface area contributed by atoms with Crippen LogP contribution >= 0.6 is 0 Å². The number of nitrogens with two attached hydrogens (primary N) is 1. The van der Waals surface area contributed by atoms with E-state index in [-0.39, 0.29) is 18.5 Å². The monoisotopic (exact) mass is 316 g/mol. The lowest BCUT2D eigenvalue weighted by Gasteiger charge is -2.11. The van der Waals surface area contributed by atoms with E-state index in [1.54, 1.807) is 29.6 Å². The van der Waals surface area contributed by atoms with E-state index in [0.29, 0.717) is 16.8 Å². The molecule has 0 aliphatic heterocycles. The van der Waals surface area contributed by atoms with Crippen LogP contribution in [-0.4, -0.2) is 12.5 Å². The smallest absolute Gasteiger partial charge is 0.279 e. The summed E-state index contributed by atoms with van der Waals surface area (Å²) in [5.41, 5.74) is 1.72. The van der Waals surface area contributed by atoms with E-state index in [0.717, 1.165) is 12.1 Å². The predicted molar refractivity (Wildman–Crippen MR) is 81.4 cm³/mol. The van der Waals surface area contributed by atoms with E-state index in [9.17, 15) is 13.6 Å². The Kier molecular flexibility index (Phi) is 5.39. The molecule has 4 nitrogen and oxygen atoms in total. The Bertz CT molecular complexity index is 738. The van der Waals surface area contributed by atoms with Crippen LogP contribution in [0.1, 0.15) is 24.1 Å². The maximum absolute atomic E-state index is 13.2. The Morgan fingerprint density at radius 1 is 1.22 bits per heavy atom. The van der Waals surface area contributed by atoms with Gasteiger partial charge in [-0.1, -0.05) is 0 Å². The molecule has 1 atom stereocenters. The summed E-state index contributed by atoms with van der Waals surface area (Å²) in [5, 5.41) is 13.1. The average molecular weight is 316 g/mol. The summed E-state index contributed by atoms with van der Waals surface area (Å²) < 4.78 is 26.1. The van der Waals surface area contributed by atoms with Crippen molar-refractivity contribution in [3.63, 3.8) is 0 Å². The largest absolute Gasteiger partial charge is 0.333 e. The number of rotatable bonds is 5. The fraction of sp³-hybridized carbons (Fsp3) is 0.176. The van der Waals surface area contributed by atoms with Crippen molar-refractivity contribution in [2.24, 2.45) is 0 Å². The van der Waals surface area contributed by atoms with Crippen LogP contribution in [-0.2, 0) is 4.79 Å². The number of nitrogens with zero attached hydrogens (tertiary/aromatic N) is 1. The summed E-state index contributed by atoms with van der Waals surface area (Å²) in [7, 11) is 0. The molecule has 0 aliphatic carbocycles. The van der Waals surface area contributed by atoms with Gasteiger partial charge in [0.05, 0.1) is 11.6 Å². The van der Waals surface area contributed by atoms with Gasteiger partial charge in [0.15, 0.2) is 18.2 Å². The van der Waals surface area contributed by atoms with Crippen LogP contribution in [0.25, 0.3) is 0 Å². The lowest BCUT2D eigenvalue weighted by atomic mass is 10.1. The molecule has 2 aromatic carbocycles. The molecule has 0 fully saturated rings. The molecular weight excluding hydrogens is 300 g/mol. The predicted octanol–water partition coefficient (Wildman–Crippen LogP) is 2.10. The van der Waals surface area contributed by atoms with Crippen LogP contribution in [0.15, 0.2) is 42.5 Å². The number of carbonyl (C=O) groups excluding carboxylic acids is 1. The molecule has 2 rings (SSSR count). The second-order valence-corrected chi connectivity index (χ2v) is 5.14. The van der Waals surface area contributed by atoms with Crippen LogP contribution < -0.4 is 10.6 Å². The molecule has 23 heavy (non-hydrogen) atoms. The van der Waals surface area contributed by atoms with Gasteiger partial charge in [-0.05, 0) is 49.4 Å². The third-order valence-electron chi connectivity index (χ3n) is 3.42. The molecular formula is C17H16F2N3O+. The van der Waals surface area contributed by atoms with Crippen LogP contribution in [0, 0.1) is 23.0 Å². The highest BCUT2D eigenvalue weighted by Crippen LogP contribution is 2.13. The highest BCUT2D eigenvalue weighted by atomic mass is 19.2. The highest BCUT2D eigenvalue weighted by molar-refractivity contribution is 5.91. The Morgan fingerprint density at radius 2 is 1.91 bits per heavy atom. The SMILES string of the molecule is C[C@H]([NH2+]CC(=O)Nc1ccc(C#N)cc1)c1ccc(F)c(F)c1. The number of amides is 1. The molecule has 0 heterocycles. The molecule has 1 amide bonds. The topological polar surface area (TPSA) is 69.5 Å². The lowest BCUT2D eigenvalue weighted by Crippen LogP contribution is -2.86. The van der Waals surface area contributed by atoms with Crippen LogP contribution in [0.2, 0.25) is 0 Å². The quantitative estimate of drug-likeness (QED) is 0.887. The number of hydrogen-bond donors (Lipinski definition) is 2. The molecule has 0 spiro atoms. The number of nitrogens with one attached hydrogen (secondary N) is 1. The van der Waals surface area contributed by atoms with Gasteiger partial charge in [0.25, 0.3) is 5.91 Å². The van der Waals surface area contributed by atoms with E-state index < -0.39 is 11.6 Å². The number of hydrogen-bond acceptors (Lipinski definition) is 2. The third-order valence-corrected chi connectivity index (χ3v) is 3.42. The Hall–Kier alpha value is -2.78. The maximum Gasteiger partial charge on any atom is 0.279 e. The Morgan fingerprint density at radius 3 is 2.52 bits per heavy atom. The first-order valence-electron chi connectivity index (χ1n) is 7.08. The van der Waals surface area contributed by atoms with Gasteiger partial charge in [-0.25, -0.2) is 8.78 Å². The molecule has 6 heteroatoms. The second-order valence-electron chi connectivity index (χ2n) is 5.14. The van der Waals surface area contributed by atoms with Crippen molar-refractivity contribution in [3.8, 4) is 6.07 Å². The third kappa shape index (κ3) is 4.59. The van der Waals surface area contributed by atoms with Gasteiger partial charge in [0.2, 0.25) is 0 Å². The zero-order valence-corrected chi connectivity index (χ0v) is 12.5. The maximum atomic E-state index is 13.2. The van der Waals surface area contributed by atoms with Gasteiger partial charge in [-0.3, -0.25) is 4.79 Å². The molecule has 118 valence electrons. The van der Waals surface area contributed by atoms with Crippen molar-refractivity contribution in [1.82, 2.24) is 0 Å². The van der Waals surface area contributed by atoms with Crippen molar-refractivity contribution in [3.05, 3.63) is 65.2 Å². The van der Waals surface area contributed by atoms with Crippen LogP contribution in [0.5, 0.6) is 0 Å². The standard InChI is InChI=1S/C17H15F2N3O/c1-11(13-4-7-15(18)16(19)8-13)21-10-17(23)22-14-5-2-12(9-20)3-6-14/h2-8,11,21H,10H2,1H3,(H,22,23)/p+1/t11-/m0/s1. The Balaban J connectivity index is 1.87. The molecule has 0 aromatic heterocycles. The first-order valence-corrected chi connectivity index (χ1v) is 7.08. The summed E-state index contributed by atoms with van der Waals surface area (Å²) in [6.45, 7) is 1.95. The van der Waals surface area contributed by atoms with E-state index >= 15 is 0 Å². The average Bonchev–Trinajstić information content (AvgIpc) is 2.56. The fourth-order valence-corrected chi connectivity index (χ4v) is 2.06. The fourth-order valence-electron chi connectivity index (χ4n) is 2.06.